The van der Waals surface area contributed by atoms with E-state index in [4.69, 9.17) is 0 Å². The first-order chi connectivity index (χ1) is 14.3. The molecule has 0 bridgehead atoms. The normalized spacial score (nSPS) is 13.9. The summed E-state index contributed by atoms with van der Waals surface area (Å²) in [5.74, 6) is 0.0739. The summed E-state index contributed by atoms with van der Waals surface area (Å²) in [6.07, 6.45) is 2.50. The monoisotopic (exact) mass is 446 g/mol. The van der Waals surface area contributed by atoms with Gasteiger partial charge in [-0.25, -0.2) is 8.42 Å². The molecule has 30 heavy (non-hydrogen) atoms. The molecule has 0 unspecified atom stereocenters. The molecule has 0 saturated carbocycles. The van der Waals surface area contributed by atoms with Crippen molar-refractivity contribution in [2.45, 2.75) is 56.6 Å². The number of carbonyl (C=O) groups is 1. The second-order valence-electron chi connectivity index (χ2n) is 7.87. The molecule has 162 valence electrons. The smallest absolute Gasteiger partial charge is 0.235 e. The average molecular weight is 447 g/mol. The van der Waals surface area contributed by atoms with Crippen LogP contribution in [0.5, 0.6) is 0 Å². The van der Waals surface area contributed by atoms with Crippen molar-refractivity contribution in [3.05, 3.63) is 53.6 Å². The van der Waals surface area contributed by atoms with Gasteiger partial charge in [0.05, 0.1) is 17.9 Å². The molecule has 3 rings (SSSR count). The third-order valence-electron chi connectivity index (χ3n) is 4.90. The number of rotatable bonds is 8. The van der Waals surface area contributed by atoms with Crippen LogP contribution < -0.4 is 9.62 Å². The first kappa shape index (κ1) is 22.7. The van der Waals surface area contributed by atoms with Crippen molar-refractivity contribution in [3.8, 4) is 0 Å². The molecule has 0 saturated heterocycles. The summed E-state index contributed by atoms with van der Waals surface area (Å²) in [6, 6.07) is 13.6. The molecule has 0 atom stereocenters. The molecule has 1 aliphatic heterocycles. The lowest BCUT2D eigenvalue weighted by Crippen LogP contribution is -2.37. The molecular weight excluding hydrogens is 416 g/mol. The molecule has 2 aromatic rings. The molecule has 0 aromatic heterocycles. The maximum Gasteiger partial charge on any atom is 0.235 e. The van der Waals surface area contributed by atoms with Gasteiger partial charge in [0, 0.05) is 22.4 Å². The van der Waals surface area contributed by atoms with E-state index in [9.17, 15) is 13.2 Å². The van der Waals surface area contributed by atoms with Gasteiger partial charge in [0.15, 0.2) is 0 Å². The van der Waals surface area contributed by atoms with Gasteiger partial charge in [0.2, 0.25) is 15.9 Å². The van der Waals surface area contributed by atoms with Gasteiger partial charge in [-0.15, -0.1) is 11.8 Å². The van der Waals surface area contributed by atoms with Crippen molar-refractivity contribution < 1.29 is 13.2 Å². The number of hydrogen-bond donors (Lipinski definition) is 1. The summed E-state index contributed by atoms with van der Waals surface area (Å²) in [6.45, 7) is 6.70. The van der Waals surface area contributed by atoms with Gasteiger partial charge in [-0.1, -0.05) is 32.9 Å². The van der Waals surface area contributed by atoms with Gasteiger partial charge in [-0.05, 0) is 60.7 Å². The highest BCUT2D eigenvalue weighted by Gasteiger charge is 2.26. The van der Waals surface area contributed by atoms with E-state index in [-0.39, 0.29) is 11.7 Å². The predicted molar refractivity (Wildman–Crippen MR) is 126 cm³/mol. The Morgan fingerprint density at radius 3 is 2.57 bits per heavy atom. The second-order valence-corrected chi connectivity index (χ2v) is 11.5. The van der Waals surface area contributed by atoms with Gasteiger partial charge in [-0.2, -0.15) is 0 Å². The fraction of sp³-hybridized carbons (Fsp3) is 0.435. The number of thioether (sulfide) groups is 1. The summed E-state index contributed by atoms with van der Waals surface area (Å²) < 4.78 is 26.6. The Morgan fingerprint density at radius 2 is 1.90 bits per heavy atom. The summed E-state index contributed by atoms with van der Waals surface area (Å²) in [5.41, 5.74) is 3.38. The van der Waals surface area contributed by atoms with Crippen LogP contribution in [0.15, 0.2) is 47.4 Å². The van der Waals surface area contributed by atoms with Crippen LogP contribution in [0.4, 0.5) is 11.4 Å². The molecule has 0 aliphatic carbocycles. The molecule has 5 nitrogen and oxygen atoms in total. The van der Waals surface area contributed by atoms with Gasteiger partial charge in [0.25, 0.3) is 0 Å². The van der Waals surface area contributed by atoms with E-state index in [0.29, 0.717) is 30.3 Å². The van der Waals surface area contributed by atoms with Crippen molar-refractivity contribution in [2.24, 2.45) is 0 Å². The van der Waals surface area contributed by atoms with Crippen LogP contribution in [0.3, 0.4) is 0 Å². The van der Waals surface area contributed by atoms with Crippen molar-refractivity contribution >= 4 is 39.1 Å². The fourth-order valence-corrected chi connectivity index (χ4v) is 6.10. The number of sulfonamides is 1. The van der Waals surface area contributed by atoms with Crippen LogP contribution in [-0.4, -0.2) is 31.9 Å². The summed E-state index contributed by atoms with van der Waals surface area (Å²) in [5, 5.41) is 3.48. The lowest BCUT2D eigenvalue weighted by atomic mass is 10.0. The number of amides is 1. The van der Waals surface area contributed by atoms with E-state index in [2.05, 4.69) is 31.3 Å². The van der Waals surface area contributed by atoms with Crippen molar-refractivity contribution in [3.63, 3.8) is 0 Å². The Hall–Kier alpha value is -1.99. The molecule has 0 spiro atoms. The number of nitrogens with one attached hydrogen (secondary N) is 1. The first-order valence-corrected chi connectivity index (χ1v) is 13.0. The van der Waals surface area contributed by atoms with Crippen LogP contribution in [0.2, 0.25) is 0 Å². The topological polar surface area (TPSA) is 66.5 Å². The Morgan fingerprint density at radius 1 is 1.17 bits per heavy atom. The summed E-state index contributed by atoms with van der Waals surface area (Å²) in [4.78, 5) is 13.7. The SMILES string of the molecule is CCCS(=O)(=O)N1CCCc2cc(NC(=O)Cc3ccc(SC(C)C)cc3)ccc21. The number of aryl methyl sites for hydroxylation is 1. The van der Waals surface area contributed by atoms with Crippen molar-refractivity contribution in [1.29, 1.82) is 0 Å². The lowest BCUT2D eigenvalue weighted by molar-refractivity contribution is -0.115. The standard InChI is InChI=1S/C23H30N2O3S2/c1-4-14-30(27,28)25-13-5-6-19-16-20(9-12-22(19)25)24-23(26)15-18-7-10-21(11-8-18)29-17(2)3/h7-12,16-17H,4-6,13-15H2,1-3H3,(H,24,26). The minimum absolute atomic E-state index is 0.0783. The zero-order valence-corrected chi connectivity index (χ0v) is 19.5. The van der Waals surface area contributed by atoms with Crippen LogP contribution in [0.1, 0.15) is 44.7 Å². The lowest BCUT2D eigenvalue weighted by Gasteiger charge is -2.30. The largest absolute Gasteiger partial charge is 0.326 e. The Balaban J connectivity index is 1.67. The first-order valence-electron chi connectivity index (χ1n) is 10.5. The highest BCUT2D eigenvalue weighted by Crippen LogP contribution is 2.32. The van der Waals surface area contributed by atoms with Crippen molar-refractivity contribution in [1.82, 2.24) is 0 Å². The summed E-state index contributed by atoms with van der Waals surface area (Å²) >= 11 is 1.80. The molecule has 1 aliphatic rings. The minimum atomic E-state index is -3.29. The Labute approximate surface area is 184 Å². The molecule has 7 heteroatoms. The van der Waals surface area contributed by atoms with Crippen molar-refractivity contribution in [2.75, 3.05) is 21.9 Å². The van der Waals surface area contributed by atoms with E-state index in [1.54, 1.807) is 17.8 Å². The van der Waals surface area contributed by atoms with Crippen LogP contribution in [0, 0.1) is 0 Å². The zero-order chi connectivity index (χ0) is 21.7. The number of hydrogen-bond acceptors (Lipinski definition) is 4. The van der Waals surface area contributed by atoms with E-state index in [1.807, 2.05) is 31.2 Å². The van der Waals surface area contributed by atoms with Crippen LogP contribution in [-0.2, 0) is 27.7 Å². The molecule has 0 radical (unpaired) electrons. The quantitative estimate of drug-likeness (QED) is 0.588. The van der Waals surface area contributed by atoms with E-state index in [1.165, 1.54) is 9.20 Å². The Kier molecular flexibility index (Phi) is 7.47. The van der Waals surface area contributed by atoms with E-state index < -0.39 is 10.0 Å². The number of fused-ring (bicyclic) bond motifs is 1. The summed E-state index contributed by atoms with van der Waals surface area (Å²) in [7, 11) is -3.29. The molecular formula is C23H30N2O3S2. The predicted octanol–water partition coefficient (Wildman–Crippen LogP) is 4.86. The molecule has 1 heterocycles. The molecule has 1 N–H and O–H groups in total. The number of carbonyl (C=O) groups excluding carboxylic acids is 1. The van der Waals surface area contributed by atoms with Gasteiger partial charge in [0.1, 0.15) is 0 Å². The molecule has 1 amide bonds. The third-order valence-corrected chi connectivity index (χ3v) is 7.89. The van der Waals surface area contributed by atoms with E-state index >= 15 is 0 Å². The van der Waals surface area contributed by atoms with Crippen LogP contribution >= 0.6 is 11.8 Å². The second kappa shape index (κ2) is 9.88. The van der Waals surface area contributed by atoms with Crippen LogP contribution in [0.25, 0.3) is 0 Å². The number of benzene rings is 2. The van der Waals surface area contributed by atoms with Gasteiger partial charge >= 0.3 is 0 Å². The van der Waals surface area contributed by atoms with Gasteiger partial charge in [-0.3, -0.25) is 9.10 Å². The zero-order valence-electron chi connectivity index (χ0n) is 17.8. The highest BCUT2D eigenvalue weighted by molar-refractivity contribution is 7.99. The average Bonchev–Trinajstić information content (AvgIpc) is 2.68. The minimum Gasteiger partial charge on any atom is -0.326 e. The third kappa shape index (κ3) is 5.79. The maximum absolute atomic E-state index is 12.6. The number of nitrogens with zero attached hydrogens (tertiary/aromatic N) is 1. The Bertz CT molecular complexity index is 986. The highest BCUT2D eigenvalue weighted by atomic mass is 32.2. The van der Waals surface area contributed by atoms with E-state index in [0.717, 1.165) is 29.7 Å². The van der Waals surface area contributed by atoms with Gasteiger partial charge < -0.3 is 5.32 Å². The fourth-order valence-electron chi connectivity index (χ4n) is 3.65. The maximum atomic E-state index is 12.6. The molecule has 2 aromatic carbocycles. The number of anilines is 2. The molecule has 0 fully saturated rings.